The minimum absolute atomic E-state index is 0.341. The average Bonchev–Trinajstić information content (AvgIpc) is 2.70. The van der Waals surface area contributed by atoms with Gasteiger partial charge >= 0.3 is 0 Å². The molecule has 0 aliphatic carbocycles. The molecule has 0 fully saturated rings. The number of ether oxygens (including phenoxy) is 1. The van der Waals surface area contributed by atoms with Gasteiger partial charge in [-0.1, -0.05) is 81.4 Å². The third kappa shape index (κ3) is 5.11. The molecule has 0 saturated carbocycles. The van der Waals surface area contributed by atoms with Crippen molar-refractivity contribution in [3.05, 3.63) is 77.9 Å². The molecule has 27 heavy (non-hydrogen) atoms. The number of fused-ring (bicyclic) bond motifs is 1. The van der Waals surface area contributed by atoms with E-state index in [-0.39, 0.29) is 0 Å². The molecule has 0 amide bonds. The van der Waals surface area contributed by atoms with Crippen LogP contribution in [0.4, 0.5) is 0 Å². The van der Waals surface area contributed by atoms with Gasteiger partial charge in [-0.3, -0.25) is 0 Å². The molecule has 0 aliphatic rings. The Kier molecular flexibility index (Phi) is 6.89. The highest BCUT2D eigenvalue weighted by atomic mass is 16.5. The Balaban J connectivity index is 1.84. The minimum atomic E-state index is 0.341. The van der Waals surface area contributed by atoms with E-state index in [1.165, 1.54) is 21.9 Å². The van der Waals surface area contributed by atoms with Crippen molar-refractivity contribution in [2.45, 2.75) is 46.2 Å². The number of hydrogen-bond acceptors (Lipinski definition) is 2. The molecule has 2 heteroatoms. The van der Waals surface area contributed by atoms with E-state index in [1.807, 2.05) is 0 Å². The third-order valence-electron chi connectivity index (χ3n) is 5.09. The Labute approximate surface area is 163 Å². The van der Waals surface area contributed by atoms with E-state index in [9.17, 15) is 0 Å². The van der Waals surface area contributed by atoms with Crippen LogP contribution in [0.3, 0.4) is 0 Å². The lowest BCUT2D eigenvalue weighted by atomic mass is 10.0. The highest BCUT2D eigenvalue weighted by Gasteiger charge is 2.13. The fourth-order valence-electron chi connectivity index (χ4n) is 3.45. The molecule has 3 aromatic carbocycles. The second-order valence-electron chi connectivity index (χ2n) is 7.55. The van der Waals surface area contributed by atoms with Gasteiger partial charge in [0.1, 0.15) is 5.75 Å². The van der Waals surface area contributed by atoms with Gasteiger partial charge in [-0.2, -0.15) is 0 Å². The first kappa shape index (κ1) is 19.4. The predicted octanol–water partition coefficient (Wildman–Crippen LogP) is 6.51. The zero-order valence-corrected chi connectivity index (χ0v) is 16.7. The molecule has 1 unspecified atom stereocenters. The normalized spacial score (nSPS) is 12.4. The summed E-state index contributed by atoms with van der Waals surface area (Å²) in [5, 5.41) is 6.29. The standard InChI is InChI=1S/C25H31NO/c1-4-24(21-11-6-5-7-12-21)26-18-23-22-13-9-8-10-20(22)14-15-25(23)27-17-16-19(2)3/h5-15,19,24,26H,4,16-18H2,1-3H3. The van der Waals surface area contributed by atoms with Gasteiger partial charge in [0.15, 0.2) is 0 Å². The van der Waals surface area contributed by atoms with Crippen LogP contribution in [0.1, 0.15) is 50.8 Å². The molecular formula is C25H31NO. The third-order valence-corrected chi connectivity index (χ3v) is 5.09. The van der Waals surface area contributed by atoms with E-state index in [4.69, 9.17) is 4.74 Å². The summed E-state index contributed by atoms with van der Waals surface area (Å²) in [4.78, 5) is 0. The van der Waals surface area contributed by atoms with Crippen LogP contribution in [0.5, 0.6) is 5.75 Å². The number of hydrogen-bond donors (Lipinski definition) is 1. The molecule has 3 rings (SSSR count). The Bertz CT molecular complexity index is 841. The van der Waals surface area contributed by atoms with Crippen molar-refractivity contribution in [1.82, 2.24) is 5.32 Å². The predicted molar refractivity (Wildman–Crippen MR) is 115 cm³/mol. The van der Waals surface area contributed by atoms with Crippen molar-refractivity contribution in [1.29, 1.82) is 0 Å². The van der Waals surface area contributed by atoms with Gasteiger partial charge in [-0.05, 0) is 41.2 Å². The molecule has 2 nitrogen and oxygen atoms in total. The summed E-state index contributed by atoms with van der Waals surface area (Å²) in [6.45, 7) is 8.26. The lowest BCUT2D eigenvalue weighted by molar-refractivity contribution is 0.286. The van der Waals surface area contributed by atoms with E-state index in [0.29, 0.717) is 12.0 Å². The molecule has 3 aromatic rings. The Morgan fingerprint density at radius 1 is 0.889 bits per heavy atom. The van der Waals surface area contributed by atoms with E-state index < -0.39 is 0 Å². The van der Waals surface area contributed by atoms with Gasteiger partial charge in [-0.15, -0.1) is 0 Å². The van der Waals surface area contributed by atoms with E-state index >= 15 is 0 Å². The summed E-state index contributed by atoms with van der Waals surface area (Å²) < 4.78 is 6.19. The molecule has 0 bridgehead atoms. The van der Waals surface area contributed by atoms with Crippen LogP contribution in [-0.4, -0.2) is 6.61 Å². The van der Waals surface area contributed by atoms with Gasteiger partial charge in [0.2, 0.25) is 0 Å². The van der Waals surface area contributed by atoms with E-state index in [0.717, 1.165) is 31.7 Å². The number of nitrogens with one attached hydrogen (secondary N) is 1. The van der Waals surface area contributed by atoms with Crippen LogP contribution >= 0.6 is 0 Å². The fourth-order valence-corrected chi connectivity index (χ4v) is 3.45. The summed E-state index contributed by atoms with van der Waals surface area (Å²) in [5.74, 6) is 1.65. The van der Waals surface area contributed by atoms with Crippen molar-refractivity contribution in [2.75, 3.05) is 6.61 Å². The molecule has 0 aliphatic heterocycles. The molecule has 1 N–H and O–H groups in total. The molecule has 0 radical (unpaired) electrons. The fraction of sp³-hybridized carbons (Fsp3) is 0.360. The molecule has 142 valence electrons. The zero-order chi connectivity index (χ0) is 19.1. The van der Waals surface area contributed by atoms with E-state index in [2.05, 4.69) is 92.8 Å². The molecule has 0 spiro atoms. The lowest BCUT2D eigenvalue weighted by Crippen LogP contribution is -2.21. The first-order valence-electron chi connectivity index (χ1n) is 10.1. The van der Waals surface area contributed by atoms with Gasteiger partial charge < -0.3 is 10.1 Å². The maximum absolute atomic E-state index is 6.19. The molecule has 0 saturated heterocycles. The van der Waals surface area contributed by atoms with Crippen molar-refractivity contribution < 1.29 is 4.74 Å². The van der Waals surface area contributed by atoms with Crippen molar-refractivity contribution >= 4 is 10.8 Å². The summed E-state index contributed by atoms with van der Waals surface area (Å²) in [6.07, 6.45) is 2.12. The van der Waals surface area contributed by atoms with Gasteiger partial charge in [0, 0.05) is 18.2 Å². The highest BCUT2D eigenvalue weighted by Crippen LogP contribution is 2.29. The second-order valence-corrected chi connectivity index (χ2v) is 7.55. The Morgan fingerprint density at radius 2 is 1.63 bits per heavy atom. The molecule has 1 atom stereocenters. The number of rotatable bonds is 9. The lowest BCUT2D eigenvalue weighted by Gasteiger charge is -2.20. The van der Waals surface area contributed by atoms with Crippen LogP contribution in [0, 0.1) is 5.92 Å². The topological polar surface area (TPSA) is 21.3 Å². The molecule has 0 aromatic heterocycles. The zero-order valence-electron chi connectivity index (χ0n) is 16.7. The maximum Gasteiger partial charge on any atom is 0.124 e. The Morgan fingerprint density at radius 3 is 2.37 bits per heavy atom. The summed E-state index contributed by atoms with van der Waals surface area (Å²) in [7, 11) is 0. The minimum Gasteiger partial charge on any atom is -0.493 e. The van der Waals surface area contributed by atoms with Crippen LogP contribution < -0.4 is 10.1 Å². The van der Waals surface area contributed by atoms with Gasteiger partial charge in [-0.25, -0.2) is 0 Å². The van der Waals surface area contributed by atoms with Crippen LogP contribution in [0.15, 0.2) is 66.7 Å². The number of benzene rings is 3. The smallest absolute Gasteiger partial charge is 0.124 e. The quantitative estimate of drug-likeness (QED) is 0.469. The Hall–Kier alpha value is -2.32. The molecule has 0 heterocycles. The monoisotopic (exact) mass is 361 g/mol. The second kappa shape index (κ2) is 9.57. The van der Waals surface area contributed by atoms with Crippen LogP contribution in [0.25, 0.3) is 10.8 Å². The molecular weight excluding hydrogens is 330 g/mol. The summed E-state index contributed by atoms with van der Waals surface area (Å²) >= 11 is 0. The van der Waals surface area contributed by atoms with Gasteiger partial charge in [0.25, 0.3) is 0 Å². The van der Waals surface area contributed by atoms with Crippen LogP contribution in [-0.2, 0) is 6.54 Å². The largest absolute Gasteiger partial charge is 0.493 e. The highest BCUT2D eigenvalue weighted by molar-refractivity contribution is 5.87. The van der Waals surface area contributed by atoms with Crippen molar-refractivity contribution in [3.63, 3.8) is 0 Å². The summed E-state index contributed by atoms with van der Waals surface area (Å²) in [6, 6.07) is 23.9. The first-order valence-corrected chi connectivity index (χ1v) is 10.1. The summed E-state index contributed by atoms with van der Waals surface area (Å²) in [5.41, 5.74) is 2.59. The maximum atomic E-state index is 6.19. The van der Waals surface area contributed by atoms with Crippen molar-refractivity contribution in [3.8, 4) is 5.75 Å². The average molecular weight is 362 g/mol. The van der Waals surface area contributed by atoms with Crippen molar-refractivity contribution in [2.24, 2.45) is 5.92 Å². The van der Waals surface area contributed by atoms with E-state index in [1.54, 1.807) is 0 Å². The SMILES string of the molecule is CCC(NCc1c(OCCC(C)C)ccc2ccccc12)c1ccccc1. The van der Waals surface area contributed by atoms with Crippen LogP contribution in [0.2, 0.25) is 0 Å². The van der Waals surface area contributed by atoms with Gasteiger partial charge in [0.05, 0.1) is 6.61 Å². The first-order chi connectivity index (χ1) is 13.2.